The summed E-state index contributed by atoms with van der Waals surface area (Å²) >= 11 is 6.65. The van der Waals surface area contributed by atoms with E-state index in [-0.39, 0.29) is 27.5 Å². The Morgan fingerprint density at radius 2 is 2.31 bits per heavy atom. The van der Waals surface area contributed by atoms with Gasteiger partial charge in [0.1, 0.15) is 0 Å². The largest absolute Gasteiger partial charge is 0.393 e. The van der Waals surface area contributed by atoms with E-state index >= 15 is 0 Å². The summed E-state index contributed by atoms with van der Waals surface area (Å²) in [6, 6.07) is 0.0268. The van der Waals surface area contributed by atoms with Crippen LogP contribution in [0.15, 0.2) is 0 Å². The van der Waals surface area contributed by atoms with Crippen LogP contribution in [0.2, 0.25) is 4.47 Å². The molecule has 0 spiro atoms. The van der Waals surface area contributed by atoms with Gasteiger partial charge in [-0.05, 0) is 37.3 Å². The number of amides is 1. The van der Waals surface area contributed by atoms with Gasteiger partial charge < -0.3 is 10.4 Å². The standard InChI is InChI=1S/C9H12ClN3O2S/c10-9-13-12-8(16-9)7(15)11-5-2-1-3-6(14)4-5/h5-6,14H,1-4H2,(H,11,15). The number of nitrogens with one attached hydrogen (secondary N) is 1. The Kier molecular flexibility index (Phi) is 3.73. The molecule has 1 aliphatic carbocycles. The Hall–Kier alpha value is -0.720. The summed E-state index contributed by atoms with van der Waals surface area (Å²) < 4.78 is 0.258. The first-order valence-electron chi connectivity index (χ1n) is 5.13. The number of hydrogen-bond donors (Lipinski definition) is 2. The lowest BCUT2D eigenvalue weighted by Crippen LogP contribution is -2.39. The highest BCUT2D eigenvalue weighted by molar-refractivity contribution is 7.17. The van der Waals surface area contributed by atoms with Gasteiger partial charge in [0, 0.05) is 6.04 Å². The maximum absolute atomic E-state index is 11.7. The molecule has 5 nitrogen and oxygen atoms in total. The molecule has 1 fully saturated rings. The van der Waals surface area contributed by atoms with Crippen LogP contribution in [-0.2, 0) is 0 Å². The highest BCUT2D eigenvalue weighted by atomic mass is 35.5. The molecule has 1 aromatic heterocycles. The number of rotatable bonds is 2. The Bertz CT molecular complexity index is 385. The average Bonchev–Trinajstić information content (AvgIpc) is 2.65. The third-order valence-corrected chi connectivity index (χ3v) is 3.59. The van der Waals surface area contributed by atoms with Gasteiger partial charge in [0.05, 0.1) is 6.10 Å². The van der Waals surface area contributed by atoms with Crippen LogP contribution >= 0.6 is 22.9 Å². The highest BCUT2D eigenvalue weighted by Gasteiger charge is 2.23. The third kappa shape index (κ3) is 2.90. The minimum atomic E-state index is -0.308. The molecule has 1 heterocycles. The van der Waals surface area contributed by atoms with E-state index in [4.69, 9.17) is 11.6 Å². The zero-order chi connectivity index (χ0) is 11.5. The zero-order valence-electron chi connectivity index (χ0n) is 8.52. The second-order valence-electron chi connectivity index (χ2n) is 3.85. The Morgan fingerprint density at radius 1 is 1.50 bits per heavy atom. The molecule has 7 heteroatoms. The lowest BCUT2D eigenvalue weighted by atomic mass is 9.93. The monoisotopic (exact) mass is 261 g/mol. The van der Waals surface area contributed by atoms with Crippen LogP contribution in [0.1, 0.15) is 35.5 Å². The molecule has 0 aliphatic heterocycles. The van der Waals surface area contributed by atoms with Gasteiger partial charge in [0.25, 0.3) is 5.91 Å². The van der Waals surface area contributed by atoms with E-state index in [1.807, 2.05) is 0 Å². The predicted molar refractivity (Wildman–Crippen MR) is 60.6 cm³/mol. The van der Waals surface area contributed by atoms with Crippen LogP contribution in [0.4, 0.5) is 0 Å². The summed E-state index contributed by atoms with van der Waals surface area (Å²) in [5, 5.41) is 19.8. The summed E-state index contributed by atoms with van der Waals surface area (Å²) in [6.45, 7) is 0. The topological polar surface area (TPSA) is 75.1 Å². The molecule has 0 aromatic carbocycles. The first-order chi connectivity index (χ1) is 7.65. The van der Waals surface area contributed by atoms with Gasteiger partial charge in [-0.25, -0.2) is 0 Å². The lowest BCUT2D eigenvalue weighted by Gasteiger charge is -2.26. The van der Waals surface area contributed by atoms with Gasteiger partial charge in [0.15, 0.2) is 0 Å². The second-order valence-corrected chi connectivity index (χ2v) is 5.41. The van der Waals surface area contributed by atoms with Gasteiger partial charge in [0.2, 0.25) is 9.47 Å². The van der Waals surface area contributed by atoms with Crippen LogP contribution in [-0.4, -0.2) is 33.4 Å². The van der Waals surface area contributed by atoms with E-state index in [0.717, 1.165) is 30.6 Å². The van der Waals surface area contributed by atoms with Crippen LogP contribution in [0.3, 0.4) is 0 Å². The Balaban J connectivity index is 1.92. The van der Waals surface area contributed by atoms with E-state index < -0.39 is 0 Å². The normalized spacial score (nSPS) is 25.4. The SMILES string of the molecule is O=C(NC1CCCC(O)C1)c1nnc(Cl)s1. The van der Waals surface area contributed by atoms with E-state index in [1.165, 1.54) is 0 Å². The fourth-order valence-electron chi connectivity index (χ4n) is 1.84. The van der Waals surface area contributed by atoms with Crippen molar-refractivity contribution < 1.29 is 9.90 Å². The molecule has 0 bridgehead atoms. The molecule has 1 aliphatic rings. The molecule has 2 N–H and O–H groups in total. The predicted octanol–water partition coefficient (Wildman–Crippen LogP) is 1.22. The van der Waals surface area contributed by atoms with E-state index in [2.05, 4.69) is 15.5 Å². The maximum Gasteiger partial charge on any atom is 0.282 e. The zero-order valence-corrected chi connectivity index (χ0v) is 10.1. The van der Waals surface area contributed by atoms with Crippen molar-refractivity contribution in [1.82, 2.24) is 15.5 Å². The van der Waals surface area contributed by atoms with Gasteiger partial charge in [-0.2, -0.15) is 0 Å². The van der Waals surface area contributed by atoms with Crippen molar-refractivity contribution in [3.63, 3.8) is 0 Å². The molecule has 0 radical (unpaired) electrons. The van der Waals surface area contributed by atoms with Crippen molar-refractivity contribution in [3.8, 4) is 0 Å². The molecule has 0 saturated heterocycles. The number of aromatic nitrogens is 2. The summed E-state index contributed by atoms with van der Waals surface area (Å²) in [6.07, 6.45) is 2.95. The third-order valence-electron chi connectivity index (χ3n) is 2.58. The molecule has 1 amide bonds. The quantitative estimate of drug-likeness (QED) is 0.840. The molecule has 2 atom stereocenters. The van der Waals surface area contributed by atoms with E-state index in [0.29, 0.717) is 6.42 Å². The summed E-state index contributed by atoms with van der Waals surface area (Å²) in [4.78, 5) is 11.7. The summed E-state index contributed by atoms with van der Waals surface area (Å²) in [7, 11) is 0. The molecule has 1 saturated carbocycles. The van der Waals surface area contributed by atoms with Gasteiger partial charge >= 0.3 is 0 Å². The van der Waals surface area contributed by atoms with Crippen molar-refractivity contribution in [1.29, 1.82) is 0 Å². The van der Waals surface area contributed by atoms with Crippen molar-refractivity contribution in [3.05, 3.63) is 9.47 Å². The summed E-state index contributed by atoms with van der Waals surface area (Å²) in [5.74, 6) is -0.261. The number of aliphatic hydroxyl groups excluding tert-OH is 1. The second kappa shape index (κ2) is 5.07. The first kappa shape index (κ1) is 11.8. The van der Waals surface area contributed by atoms with Crippen molar-refractivity contribution in [2.24, 2.45) is 0 Å². The molecule has 88 valence electrons. The number of carbonyl (C=O) groups is 1. The van der Waals surface area contributed by atoms with Crippen molar-refractivity contribution in [2.75, 3.05) is 0 Å². The van der Waals surface area contributed by atoms with Crippen LogP contribution < -0.4 is 5.32 Å². The first-order valence-corrected chi connectivity index (χ1v) is 6.32. The lowest BCUT2D eigenvalue weighted by molar-refractivity contribution is 0.0849. The maximum atomic E-state index is 11.7. The number of halogens is 1. The fourth-order valence-corrected chi connectivity index (χ4v) is 2.57. The van der Waals surface area contributed by atoms with Gasteiger partial charge in [-0.15, -0.1) is 10.2 Å². The number of aliphatic hydroxyl groups is 1. The molecule has 1 aromatic rings. The van der Waals surface area contributed by atoms with Crippen LogP contribution in [0.25, 0.3) is 0 Å². The van der Waals surface area contributed by atoms with Gasteiger partial charge in [-0.3, -0.25) is 4.79 Å². The molecular formula is C9H12ClN3O2S. The van der Waals surface area contributed by atoms with Crippen molar-refractivity contribution in [2.45, 2.75) is 37.8 Å². The number of nitrogens with zero attached hydrogens (tertiary/aromatic N) is 2. The van der Waals surface area contributed by atoms with Crippen molar-refractivity contribution >= 4 is 28.8 Å². The van der Waals surface area contributed by atoms with Crippen LogP contribution in [0.5, 0.6) is 0 Å². The highest BCUT2D eigenvalue weighted by Crippen LogP contribution is 2.20. The van der Waals surface area contributed by atoms with E-state index in [9.17, 15) is 9.90 Å². The number of carbonyl (C=O) groups excluding carboxylic acids is 1. The fraction of sp³-hybridized carbons (Fsp3) is 0.667. The summed E-state index contributed by atoms with van der Waals surface area (Å²) in [5.41, 5.74) is 0. The Labute approximate surface area is 102 Å². The average molecular weight is 262 g/mol. The van der Waals surface area contributed by atoms with Crippen LogP contribution in [0, 0.1) is 0 Å². The van der Waals surface area contributed by atoms with Gasteiger partial charge in [-0.1, -0.05) is 11.3 Å². The molecular weight excluding hydrogens is 250 g/mol. The molecule has 2 rings (SSSR count). The minimum Gasteiger partial charge on any atom is -0.393 e. The van der Waals surface area contributed by atoms with E-state index in [1.54, 1.807) is 0 Å². The molecule has 16 heavy (non-hydrogen) atoms. The molecule has 2 unspecified atom stereocenters. The number of hydrogen-bond acceptors (Lipinski definition) is 5. The minimum absolute atomic E-state index is 0.0268. The smallest absolute Gasteiger partial charge is 0.282 e. The Morgan fingerprint density at radius 3 is 2.94 bits per heavy atom.